The second-order valence-electron chi connectivity index (χ2n) is 7.73. The maximum Gasteiger partial charge on any atom is 0.226 e. The van der Waals surface area contributed by atoms with Gasteiger partial charge in [-0.1, -0.05) is 0 Å². The molecule has 3 aromatic heterocycles. The van der Waals surface area contributed by atoms with Crippen LogP contribution in [0, 0.1) is 5.92 Å². The molecule has 4 atom stereocenters. The Balaban J connectivity index is 1.69. The topological polar surface area (TPSA) is 114 Å². The van der Waals surface area contributed by atoms with Crippen molar-refractivity contribution in [3.8, 4) is 10.6 Å². The number of fused-ring (bicyclic) bond motifs is 2. The molecular formula is C18H21ClN6O2S. The van der Waals surface area contributed by atoms with Gasteiger partial charge in [0.2, 0.25) is 5.28 Å². The highest BCUT2D eigenvalue weighted by molar-refractivity contribution is 7.13. The maximum absolute atomic E-state index is 6.26. The summed E-state index contributed by atoms with van der Waals surface area (Å²) in [6.07, 6.45) is 4.44. The van der Waals surface area contributed by atoms with Gasteiger partial charge in [0.1, 0.15) is 22.6 Å². The van der Waals surface area contributed by atoms with Crippen LogP contribution in [-0.2, 0) is 9.47 Å². The van der Waals surface area contributed by atoms with Crippen LogP contribution in [0.1, 0.15) is 26.3 Å². The molecule has 0 aromatic carbocycles. The molecule has 1 aliphatic heterocycles. The van der Waals surface area contributed by atoms with Crippen molar-refractivity contribution in [2.45, 2.75) is 44.3 Å². The summed E-state index contributed by atoms with van der Waals surface area (Å²) in [6, 6.07) is 0.00176. The molecular weight excluding hydrogens is 400 g/mol. The molecule has 28 heavy (non-hydrogen) atoms. The quantitative estimate of drug-likeness (QED) is 0.626. The Labute approximate surface area is 170 Å². The Morgan fingerprint density at radius 3 is 2.82 bits per heavy atom. The van der Waals surface area contributed by atoms with Crippen molar-refractivity contribution < 1.29 is 9.47 Å². The van der Waals surface area contributed by atoms with Gasteiger partial charge in [-0.3, -0.25) is 0 Å². The third-order valence-electron chi connectivity index (χ3n) is 5.55. The summed E-state index contributed by atoms with van der Waals surface area (Å²) in [4.78, 5) is 13.1. The summed E-state index contributed by atoms with van der Waals surface area (Å²) < 4.78 is 14.5. The van der Waals surface area contributed by atoms with Gasteiger partial charge < -0.3 is 25.5 Å². The average molecular weight is 421 g/mol. The van der Waals surface area contributed by atoms with Crippen molar-refractivity contribution >= 4 is 39.8 Å². The third-order valence-corrected chi connectivity index (χ3v) is 6.52. The van der Waals surface area contributed by atoms with Crippen LogP contribution in [0.15, 0.2) is 17.8 Å². The number of thiazole rings is 1. The smallest absolute Gasteiger partial charge is 0.226 e. The highest BCUT2D eigenvalue weighted by atomic mass is 35.5. The van der Waals surface area contributed by atoms with Crippen LogP contribution in [0.4, 0.5) is 5.82 Å². The molecule has 8 nitrogen and oxygen atoms in total. The van der Waals surface area contributed by atoms with E-state index in [-0.39, 0.29) is 29.5 Å². The van der Waals surface area contributed by atoms with E-state index in [1.54, 1.807) is 6.20 Å². The first kappa shape index (κ1) is 18.3. The fraction of sp³-hybridized carbons (Fsp3) is 0.500. The Morgan fingerprint density at radius 1 is 1.32 bits per heavy atom. The minimum absolute atomic E-state index is 0.00176. The van der Waals surface area contributed by atoms with E-state index in [1.165, 1.54) is 11.3 Å². The van der Waals surface area contributed by atoms with E-state index in [0.29, 0.717) is 18.0 Å². The molecule has 4 N–H and O–H groups in total. The Bertz CT molecular complexity index is 1040. The number of aromatic nitrogens is 4. The number of hydrogen-bond acceptors (Lipinski definition) is 8. The van der Waals surface area contributed by atoms with Crippen molar-refractivity contribution in [3.63, 3.8) is 0 Å². The summed E-state index contributed by atoms with van der Waals surface area (Å²) in [7, 11) is 0. The number of anilines is 1. The molecule has 4 heterocycles. The fourth-order valence-corrected chi connectivity index (χ4v) is 5.30. The Hall–Kier alpha value is -1.78. The summed E-state index contributed by atoms with van der Waals surface area (Å²) in [5.41, 5.74) is 13.8. The summed E-state index contributed by atoms with van der Waals surface area (Å²) in [6.45, 7) is 4.40. The zero-order valence-corrected chi connectivity index (χ0v) is 17.1. The van der Waals surface area contributed by atoms with Crippen molar-refractivity contribution in [2.24, 2.45) is 11.7 Å². The molecule has 0 radical (unpaired) electrons. The van der Waals surface area contributed by atoms with Crippen LogP contribution in [0.3, 0.4) is 0 Å². The van der Waals surface area contributed by atoms with Crippen molar-refractivity contribution in [1.82, 2.24) is 19.5 Å². The largest absolute Gasteiger partial charge is 0.383 e. The molecule has 0 spiro atoms. The lowest BCUT2D eigenvalue weighted by Gasteiger charge is -2.24. The number of ether oxygens (including phenoxy) is 2. The second-order valence-corrected chi connectivity index (χ2v) is 8.96. The van der Waals surface area contributed by atoms with E-state index >= 15 is 0 Å². The van der Waals surface area contributed by atoms with Gasteiger partial charge in [0.15, 0.2) is 5.79 Å². The maximum atomic E-state index is 6.26. The normalized spacial score (nSPS) is 28.9. The number of nitrogen functional groups attached to an aromatic ring is 1. The number of nitrogens with two attached hydrogens (primary N) is 2. The van der Waals surface area contributed by atoms with E-state index < -0.39 is 5.79 Å². The summed E-state index contributed by atoms with van der Waals surface area (Å²) >= 11 is 7.68. The number of rotatable bonds is 3. The minimum atomic E-state index is -0.645. The predicted octanol–water partition coefficient (Wildman–Crippen LogP) is 2.83. The fourth-order valence-electron chi connectivity index (χ4n) is 4.48. The van der Waals surface area contributed by atoms with E-state index in [1.807, 2.05) is 25.4 Å². The van der Waals surface area contributed by atoms with Crippen LogP contribution < -0.4 is 11.5 Å². The summed E-state index contributed by atoms with van der Waals surface area (Å²) in [5.74, 6) is -0.103. The van der Waals surface area contributed by atoms with Gasteiger partial charge in [0.25, 0.3) is 0 Å². The van der Waals surface area contributed by atoms with Gasteiger partial charge in [-0.25, -0.2) is 9.97 Å². The highest BCUT2D eigenvalue weighted by Crippen LogP contribution is 2.48. The van der Waals surface area contributed by atoms with Crippen molar-refractivity contribution in [2.75, 3.05) is 12.3 Å². The molecule has 3 aromatic rings. The van der Waals surface area contributed by atoms with Gasteiger partial charge in [-0.15, -0.1) is 11.3 Å². The lowest BCUT2D eigenvalue weighted by molar-refractivity contribution is -0.159. The number of halogens is 1. The first-order valence-corrected chi connectivity index (χ1v) is 10.4. The monoisotopic (exact) mass is 420 g/mol. The molecule has 0 unspecified atom stereocenters. The van der Waals surface area contributed by atoms with E-state index in [4.69, 9.17) is 32.5 Å². The van der Waals surface area contributed by atoms with E-state index in [0.717, 1.165) is 22.4 Å². The van der Waals surface area contributed by atoms with Crippen LogP contribution in [-0.4, -0.2) is 44.1 Å². The molecule has 2 aliphatic rings. The van der Waals surface area contributed by atoms with Crippen LogP contribution in [0.5, 0.6) is 0 Å². The van der Waals surface area contributed by atoms with Gasteiger partial charge in [0.05, 0.1) is 17.5 Å². The third kappa shape index (κ3) is 2.73. The summed E-state index contributed by atoms with van der Waals surface area (Å²) in [5, 5.41) is 3.65. The zero-order valence-electron chi connectivity index (χ0n) is 15.5. The van der Waals surface area contributed by atoms with Gasteiger partial charge in [-0.05, 0) is 38.4 Å². The van der Waals surface area contributed by atoms with Gasteiger partial charge in [-0.2, -0.15) is 4.98 Å². The highest BCUT2D eigenvalue weighted by Gasteiger charge is 2.54. The molecule has 5 rings (SSSR count). The standard InChI is InChI=1S/C18H21ClN6O2S/c1-18(2)26-12-8(6-20)5-10(13(12)27-18)25-7-9(16-22-3-4-28-16)11-14(21)23-17(19)24-15(11)25/h3-4,7-8,10,12-13H,5-6,20H2,1-2H3,(H2,21,23,24)/t8-,10-,12-,13+/m1/s1. The zero-order chi connectivity index (χ0) is 19.6. The molecule has 148 valence electrons. The lowest BCUT2D eigenvalue weighted by atomic mass is 10.1. The van der Waals surface area contributed by atoms with E-state index in [2.05, 4.69) is 19.5 Å². The predicted molar refractivity (Wildman–Crippen MR) is 108 cm³/mol. The molecule has 0 amide bonds. The van der Waals surface area contributed by atoms with Crippen molar-refractivity contribution in [1.29, 1.82) is 0 Å². The Morgan fingerprint density at radius 2 is 2.11 bits per heavy atom. The molecule has 1 saturated carbocycles. The molecule has 10 heteroatoms. The SMILES string of the molecule is CC1(C)O[C@@H]2[C@@H](CN)C[C@@H](n3cc(-c4nccs4)c4c(N)nc(Cl)nc43)[C@@H]2O1. The average Bonchev–Trinajstić information content (AvgIpc) is 3.36. The second kappa shape index (κ2) is 6.36. The number of hydrogen-bond donors (Lipinski definition) is 2. The number of nitrogens with zero attached hydrogens (tertiary/aromatic N) is 4. The van der Waals surface area contributed by atoms with Gasteiger partial charge >= 0.3 is 0 Å². The van der Waals surface area contributed by atoms with E-state index in [9.17, 15) is 0 Å². The van der Waals surface area contributed by atoms with Crippen LogP contribution in [0.25, 0.3) is 21.6 Å². The van der Waals surface area contributed by atoms with Crippen molar-refractivity contribution in [3.05, 3.63) is 23.1 Å². The lowest BCUT2D eigenvalue weighted by Crippen LogP contribution is -2.29. The minimum Gasteiger partial charge on any atom is -0.383 e. The first-order chi connectivity index (χ1) is 13.4. The molecule has 0 bridgehead atoms. The van der Waals surface area contributed by atoms with Crippen LogP contribution >= 0.6 is 22.9 Å². The molecule has 1 saturated heterocycles. The molecule has 2 fully saturated rings. The van der Waals surface area contributed by atoms with Crippen LogP contribution in [0.2, 0.25) is 5.28 Å². The molecule has 1 aliphatic carbocycles. The Kier molecular flexibility index (Phi) is 4.15. The van der Waals surface area contributed by atoms with Gasteiger partial charge in [0, 0.05) is 29.3 Å². The first-order valence-electron chi connectivity index (χ1n) is 9.17.